The molecule has 0 bridgehead atoms. The summed E-state index contributed by atoms with van der Waals surface area (Å²) in [4.78, 5) is 53.3. The van der Waals surface area contributed by atoms with Gasteiger partial charge in [0, 0.05) is 63.9 Å². The fraction of sp³-hybridized carbons (Fsp3) is 0.875. The lowest BCUT2D eigenvalue weighted by atomic mass is 9.89. The summed E-state index contributed by atoms with van der Waals surface area (Å²) in [5, 5.41) is 6.10. The standard InChI is InChI=1S/C32H62N4O4/c1-9-11-13-15-17-25-35(7)29(39)21-19-27(37)33-31(3,4)23-24-32(5,6)34-28(38)20-22-30(40)36(8)26-18-16-14-12-10-2/h9-26H2,1-8H3,(H,33,37)(H,34,38). The Hall–Kier alpha value is -2.12. The summed E-state index contributed by atoms with van der Waals surface area (Å²) in [5.41, 5.74) is -0.938. The minimum Gasteiger partial charge on any atom is -0.351 e. The molecule has 0 fully saturated rings. The average molecular weight is 567 g/mol. The highest BCUT2D eigenvalue weighted by Gasteiger charge is 2.27. The third kappa shape index (κ3) is 19.9. The Morgan fingerprint density at radius 3 is 1.18 bits per heavy atom. The van der Waals surface area contributed by atoms with Gasteiger partial charge in [0.15, 0.2) is 0 Å². The van der Waals surface area contributed by atoms with Gasteiger partial charge in [0.05, 0.1) is 0 Å². The number of hydrogen-bond donors (Lipinski definition) is 2. The van der Waals surface area contributed by atoms with Gasteiger partial charge in [0.25, 0.3) is 0 Å². The van der Waals surface area contributed by atoms with E-state index in [0.717, 1.165) is 38.8 Å². The molecule has 0 spiro atoms. The Labute approximate surface area is 245 Å². The van der Waals surface area contributed by atoms with Crippen molar-refractivity contribution in [1.29, 1.82) is 0 Å². The van der Waals surface area contributed by atoms with E-state index in [4.69, 9.17) is 0 Å². The maximum Gasteiger partial charge on any atom is 0.222 e. The van der Waals surface area contributed by atoms with Gasteiger partial charge in [-0.1, -0.05) is 65.2 Å². The van der Waals surface area contributed by atoms with E-state index in [-0.39, 0.29) is 49.3 Å². The molecule has 0 aliphatic carbocycles. The molecular formula is C32H62N4O4. The molecule has 0 atom stereocenters. The van der Waals surface area contributed by atoms with Crippen LogP contribution in [0.3, 0.4) is 0 Å². The largest absolute Gasteiger partial charge is 0.351 e. The van der Waals surface area contributed by atoms with Crippen molar-refractivity contribution in [2.24, 2.45) is 0 Å². The van der Waals surface area contributed by atoms with Crippen molar-refractivity contribution in [2.75, 3.05) is 27.2 Å². The zero-order valence-corrected chi connectivity index (χ0v) is 27.3. The first-order valence-corrected chi connectivity index (χ1v) is 15.8. The molecule has 0 saturated heterocycles. The highest BCUT2D eigenvalue weighted by atomic mass is 16.2. The normalized spacial score (nSPS) is 11.7. The van der Waals surface area contributed by atoms with Gasteiger partial charge in [-0.25, -0.2) is 0 Å². The summed E-state index contributed by atoms with van der Waals surface area (Å²) in [6.45, 7) is 13.7. The lowest BCUT2D eigenvalue weighted by Gasteiger charge is -2.33. The zero-order valence-electron chi connectivity index (χ0n) is 27.3. The third-order valence-corrected chi connectivity index (χ3v) is 7.51. The second kappa shape index (κ2) is 20.7. The molecule has 8 heteroatoms. The van der Waals surface area contributed by atoms with E-state index in [1.54, 1.807) is 9.80 Å². The summed E-state index contributed by atoms with van der Waals surface area (Å²) in [7, 11) is 3.62. The molecule has 4 amide bonds. The molecule has 40 heavy (non-hydrogen) atoms. The minimum atomic E-state index is -0.469. The minimum absolute atomic E-state index is 0.00365. The number of amides is 4. The van der Waals surface area contributed by atoms with Gasteiger partial charge in [0.2, 0.25) is 23.6 Å². The van der Waals surface area contributed by atoms with Crippen LogP contribution in [0.1, 0.15) is 144 Å². The summed E-state index contributed by atoms with van der Waals surface area (Å²) < 4.78 is 0. The molecule has 234 valence electrons. The quantitative estimate of drug-likeness (QED) is 0.149. The number of nitrogens with zero attached hydrogens (tertiary/aromatic N) is 2. The van der Waals surface area contributed by atoms with Crippen molar-refractivity contribution in [1.82, 2.24) is 20.4 Å². The van der Waals surface area contributed by atoms with Crippen LogP contribution in [0.2, 0.25) is 0 Å². The number of nitrogens with one attached hydrogen (secondary N) is 2. The Morgan fingerprint density at radius 2 is 0.850 bits per heavy atom. The molecule has 0 aliphatic heterocycles. The zero-order chi connectivity index (χ0) is 30.6. The topological polar surface area (TPSA) is 98.8 Å². The van der Waals surface area contributed by atoms with E-state index in [0.29, 0.717) is 12.8 Å². The SMILES string of the molecule is CCCCCCCN(C)C(=O)CCC(=O)NC(C)(C)CCC(C)(C)NC(=O)CCC(=O)N(C)CCCCCCC. The molecule has 2 N–H and O–H groups in total. The molecule has 0 unspecified atom stereocenters. The van der Waals surface area contributed by atoms with Gasteiger partial charge in [-0.15, -0.1) is 0 Å². The first-order chi connectivity index (χ1) is 18.7. The molecule has 0 aliphatic rings. The number of unbranched alkanes of at least 4 members (excludes halogenated alkanes) is 8. The molecule has 0 aromatic carbocycles. The maximum atomic E-state index is 12.5. The number of rotatable bonds is 23. The molecule has 0 rings (SSSR count). The van der Waals surface area contributed by atoms with Crippen LogP contribution in [0.5, 0.6) is 0 Å². The molecular weight excluding hydrogens is 504 g/mol. The van der Waals surface area contributed by atoms with E-state index in [2.05, 4.69) is 24.5 Å². The highest BCUT2D eigenvalue weighted by molar-refractivity contribution is 5.84. The molecule has 8 nitrogen and oxygen atoms in total. The predicted octanol–water partition coefficient (Wildman–Crippen LogP) is 5.97. The summed E-state index contributed by atoms with van der Waals surface area (Å²) in [6, 6.07) is 0. The van der Waals surface area contributed by atoms with Gasteiger partial charge in [0.1, 0.15) is 0 Å². The van der Waals surface area contributed by atoms with E-state index in [9.17, 15) is 19.2 Å². The Balaban J connectivity index is 4.34. The Morgan fingerprint density at radius 1 is 0.525 bits per heavy atom. The van der Waals surface area contributed by atoms with Crippen LogP contribution in [-0.2, 0) is 19.2 Å². The Kier molecular flexibility index (Phi) is 19.6. The van der Waals surface area contributed by atoms with Gasteiger partial charge in [-0.3, -0.25) is 19.2 Å². The smallest absolute Gasteiger partial charge is 0.222 e. The fourth-order valence-corrected chi connectivity index (χ4v) is 4.61. The molecule has 0 heterocycles. The van der Waals surface area contributed by atoms with Crippen molar-refractivity contribution in [3.05, 3.63) is 0 Å². The van der Waals surface area contributed by atoms with E-state index >= 15 is 0 Å². The summed E-state index contributed by atoms with van der Waals surface area (Å²) >= 11 is 0. The maximum absolute atomic E-state index is 12.5. The van der Waals surface area contributed by atoms with Crippen LogP contribution >= 0.6 is 0 Å². The van der Waals surface area contributed by atoms with Crippen LogP contribution in [0, 0.1) is 0 Å². The highest BCUT2D eigenvalue weighted by Crippen LogP contribution is 2.20. The van der Waals surface area contributed by atoms with E-state index in [1.807, 2.05) is 41.8 Å². The van der Waals surface area contributed by atoms with E-state index in [1.165, 1.54) is 38.5 Å². The van der Waals surface area contributed by atoms with Crippen molar-refractivity contribution in [3.63, 3.8) is 0 Å². The van der Waals surface area contributed by atoms with Crippen molar-refractivity contribution in [3.8, 4) is 0 Å². The van der Waals surface area contributed by atoms with Crippen LogP contribution in [0.15, 0.2) is 0 Å². The second-order valence-corrected chi connectivity index (χ2v) is 12.8. The van der Waals surface area contributed by atoms with Crippen LogP contribution in [-0.4, -0.2) is 71.7 Å². The third-order valence-electron chi connectivity index (χ3n) is 7.51. The van der Waals surface area contributed by atoms with Crippen molar-refractivity contribution in [2.45, 2.75) is 155 Å². The molecule has 0 saturated carbocycles. The summed E-state index contributed by atoms with van der Waals surface area (Å²) in [5.74, 6) is -0.262. The van der Waals surface area contributed by atoms with Gasteiger partial charge in [-0.2, -0.15) is 0 Å². The number of carbonyl (C=O) groups excluding carboxylic acids is 4. The van der Waals surface area contributed by atoms with Gasteiger partial charge in [-0.05, 0) is 53.4 Å². The van der Waals surface area contributed by atoms with Crippen molar-refractivity contribution < 1.29 is 19.2 Å². The van der Waals surface area contributed by atoms with Crippen LogP contribution in [0.25, 0.3) is 0 Å². The fourth-order valence-electron chi connectivity index (χ4n) is 4.61. The molecule has 0 aromatic rings. The number of carbonyl (C=O) groups is 4. The molecule has 0 radical (unpaired) electrons. The van der Waals surface area contributed by atoms with Crippen LogP contribution in [0.4, 0.5) is 0 Å². The van der Waals surface area contributed by atoms with E-state index < -0.39 is 11.1 Å². The summed E-state index contributed by atoms with van der Waals surface area (Å²) in [6.07, 6.45) is 13.6. The van der Waals surface area contributed by atoms with Crippen molar-refractivity contribution >= 4 is 23.6 Å². The van der Waals surface area contributed by atoms with Gasteiger partial charge < -0.3 is 20.4 Å². The monoisotopic (exact) mass is 566 g/mol. The lowest BCUT2D eigenvalue weighted by molar-refractivity contribution is -0.133. The molecule has 0 aromatic heterocycles. The average Bonchev–Trinajstić information content (AvgIpc) is 2.88. The first-order valence-electron chi connectivity index (χ1n) is 15.8. The lowest BCUT2D eigenvalue weighted by Crippen LogP contribution is -2.48. The Bertz CT molecular complexity index is 689. The van der Waals surface area contributed by atoms with Crippen LogP contribution < -0.4 is 10.6 Å². The second-order valence-electron chi connectivity index (χ2n) is 12.8. The first kappa shape index (κ1) is 37.9. The number of hydrogen-bond acceptors (Lipinski definition) is 4. The predicted molar refractivity (Wildman–Crippen MR) is 165 cm³/mol. The van der Waals surface area contributed by atoms with Gasteiger partial charge >= 0.3 is 0 Å².